The van der Waals surface area contributed by atoms with E-state index in [2.05, 4.69) is 5.32 Å². The number of carboxylic acid groups (broad SMARTS) is 1. The largest absolute Gasteiger partial charge is 0.481 e. The molecule has 0 radical (unpaired) electrons. The lowest BCUT2D eigenvalue weighted by molar-refractivity contribution is -0.141. The molecule has 2 rings (SSSR count). The molecule has 1 saturated carbocycles. The first-order valence-electron chi connectivity index (χ1n) is 8.23. The lowest BCUT2D eigenvalue weighted by Gasteiger charge is -2.38. The van der Waals surface area contributed by atoms with Crippen LogP contribution in [0.5, 0.6) is 0 Å². The summed E-state index contributed by atoms with van der Waals surface area (Å²) in [5.74, 6) is -0.742. The Kier molecular flexibility index (Phi) is 6.03. The van der Waals surface area contributed by atoms with Crippen LogP contribution in [0.15, 0.2) is 0 Å². The van der Waals surface area contributed by atoms with Crippen molar-refractivity contribution in [1.29, 1.82) is 0 Å². The van der Waals surface area contributed by atoms with E-state index >= 15 is 0 Å². The molecule has 1 aliphatic heterocycles. The van der Waals surface area contributed by atoms with Crippen molar-refractivity contribution in [3.8, 4) is 0 Å². The van der Waals surface area contributed by atoms with Crippen molar-refractivity contribution in [2.75, 3.05) is 13.2 Å². The molecule has 0 atom stereocenters. The van der Waals surface area contributed by atoms with Gasteiger partial charge in [0.25, 0.3) is 0 Å². The van der Waals surface area contributed by atoms with Crippen LogP contribution in [0, 0.1) is 5.92 Å². The third kappa shape index (κ3) is 4.99. The average molecular weight is 297 g/mol. The molecule has 2 fully saturated rings. The zero-order chi connectivity index (χ0) is 15.1. The number of hydrogen-bond acceptors (Lipinski definition) is 3. The Hall–Kier alpha value is -1.10. The molecule has 2 N–H and O–H groups in total. The van der Waals surface area contributed by atoms with Crippen molar-refractivity contribution in [2.45, 2.75) is 69.7 Å². The summed E-state index contributed by atoms with van der Waals surface area (Å²) in [6.45, 7) is 1.05. The summed E-state index contributed by atoms with van der Waals surface area (Å²) in [6.07, 6.45) is 8.95. The first-order valence-corrected chi connectivity index (χ1v) is 8.23. The third-order valence-electron chi connectivity index (χ3n) is 4.80. The van der Waals surface area contributed by atoms with Gasteiger partial charge < -0.3 is 15.2 Å². The normalized spacial score (nSPS) is 23.8. The van der Waals surface area contributed by atoms with Crippen LogP contribution in [-0.2, 0) is 14.3 Å². The summed E-state index contributed by atoms with van der Waals surface area (Å²) in [6, 6.07) is 0. The molecule has 0 spiro atoms. The van der Waals surface area contributed by atoms with E-state index in [0.717, 1.165) is 25.7 Å². The van der Waals surface area contributed by atoms with Gasteiger partial charge in [0.05, 0.1) is 12.0 Å². The first kappa shape index (κ1) is 16.3. The van der Waals surface area contributed by atoms with Gasteiger partial charge in [0.15, 0.2) is 0 Å². The Balaban J connectivity index is 1.97. The summed E-state index contributed by atoms with van der Waals surface area (Å²) < 4.78 is 5.33. The molecule has 0 unspecified atom stereocenters. The van der Waals surface area contributed by atoms with E-state index in [4.69, 9.17) is 9.84 Å². The number of rotatable bonds is 4. The number of nitrogens with one attached hydrogen (secondary N) is 1. The van der Waals surface area contributed by atoms with E-state index in [1.807, 2.05) is 0 Å². The van der Waals surface area contributed by atoms with Crippen LogP contribution < -0.4 is 5.32 Å². The van der Waals surface area contributed by atoms with Gasteiger partial charge in [-0.25, -0.2) is 0 Å². The highest BCUT2D eigenvalue weighted by molar-refractivity contribution is 5.80. The predicted octanol–water partition coefficient (Wildman–Crippen LogP) is 2.49. The predicted molar refractivity (Wildman–Crippen MR) is 79.0 cm³/mol. The van der Waals surface area contributed by atoms with Crippen LogP contribution in [0.2, 0.25) is 0 Å². The van der Waals surface area contributed by atoms with Crippen LogP contribution in [0.4, 0.5) is 0 Å². The van der Waals surface area contributed by atoms with Gasteiger partial charge in [-0.2, -0.15) is 0 Å². The van der Waals surface area contributed by atoms with E-state index in [-0.39, 0.29) is 18.2 Å². The van der Waals surface area contributed by atoms with Gasteiger partial charge in [-0.1, -0.05) is 32.1 Å². The highest BCUT2D eigenvalue weighted by Gasteiger charge is 2.37. The molecule has 1 heterocycles. The number of carbonyl (C=O) groups excluding carboxylic acids is 1. The Morgan fingerprint density at radius 3 is 2.19 bits per heavy atom. The molecule has 2 aliphatic rings. The van der Waals surface area contributed by atoms with Gasteiger partial charge in [0, 0.05) is 19.1 Å². The van der Waals surface area contributed by atoms with E-state index in [1.165, 1.54) is 19.3 Å². The molecule has 21 heavy (non-hydrogen) atoms. The maximum absolute atomic E-state index is 12.6. The molecule has 1 amide bonds. The second-order valence-electron chi connectivity index (χ2n) is 6.49. The Bertz CT molecular complexity index is 355. The number of aliphatic carboxylic acids is 1. The molecule has 0 bridgehead atoms. The van der Waals surface area contributed by atoms with Crippen molar-refractivity contribution in [1.82, 2.24) is 5.32 Å². The van der Waals surface area contributed by atoms with Gasteiger partial charge in [-0.3, -0.25) is 9.59 Å². The van der Waals surface area contributed by atoms with Gasteiger partial charge in [-0.15, -0.1) is 0 Å². The van der Waals surface area contributed by atoms with Crippen LogP contribution in [0.1, 0.15) is 64.2 Å². The van der Waals surface area contributed by atoms with Crippen molar-refractivity contribution in [3.63, 3.8) is 0 Å². The van der Waals surface area contributed by atoms with Gasteiger partial charge >= 0.3 is 5.97 Å². The molecule has 1 saturated heterocycles. The second kappa shape index (κ2) is 7.78. The Morgan fingerprint density at radius 1 is 1.05 bits per heavy atom. The minimum atomic E-state index is -0.852. The molecular formula is C16H27NO4. The van der Waals surface area contributed by atoms with Crippen LogP contribution in [-0.4, -0.2) is 35.7 Å². The fraction of sp³-hybridized carbons (Fsp3) is 0.875. The molecule has 5 heteroatoms. The minimum absolute atomic E-state index is 0.00514. The van der Waals surface area contributed by atoms with Gasteiger partial charge in [0.1, 0.15) is 0 Å². The van der Waals surface area contributed by atoms with Crippen molar-refractivity contribution in [2.24, 2.45) is 5.92 Å². The summed E-state index contributed by atoms with van der Waals surface area (Å²) in [7, 11) is 0. The van der Waals surface area contributed by atoms with E-state index in [0.29, 0.717) is 26.1 Å². The smallest absolute Gasteiger partial charge is 0.305 e. The fourth-order valence-corrected chi connectivity index (χ4v) is 3.48. The molecule has 1 aliphatic carbocycles. The Labute approximate surface area is 126 Å². The standard InChI is InChI=1S/C16H27NO4/c18-14(19)12-16(8-10-21-11-9-16)17-15(20)13-6-4-2-1-3-5-7-13/h13H,1-12H2,(H,17,20)(H,18,19). The fourth-order valence-electron chi connectivity index (χ4n) is 3.48. The highest BCUT2D eigenvalue weighted by atomic mass is 16.5. The minimum Gasteiger partial charge on any atom is -0.481 e. The average Bonchev–Trinajstić information content (AvgIpc) is 2.37. The molecular weight excluding hydrogens is 270 g/mol. The quantitative estimate of drug-likeness (QED) is 0.836. The molecule has 0 aromatic carbocycles. The van der Waals surface area contributed by atoms with Crippen molar-refractivity contribution in [3.05, 3.63) is 0 Å². The number of amides is 1. The SMILES string of the molecule is O=C(O)CC1(NC(=O)C2CCCCCCC2)CCOCC1. The summed E-state index contributed by atoms with van der Waals surface area (Å²) in [5.41, 5.74) is -0.608. The highest BCUT2D eigenvalue weighted by Crippen LogP contribution is 2.28. The van der Waals surface area contributed by atoms with E-state index < -0.39 is 11.5 Å². The number of hydrogen-bond donors (Lipinski definition) is 2. The second-order valence-corrected chi connectivity index (χ2v) is 6.49. The zero-order valence-electron chi connectivity index (χ0n) is 12.7. The topological polar surface area (TPSA) is 75.6 Å². The van der Waals surface area contributed by atoms with E-state index in [9.17, 15) is 9.59 Å². The first-order chi connectivity index (χ1) is 10.1. The van der Waals surface area contributed by atoms with Gasteiger partial charge in [-0.05, 0) is 25.7 Å². The summed E-state index contributed by atoms with van der Waals surface area (Å²) in [5, 5.41) is 12.2. The molecule has 0 aromatic heterocycles. The van der Waals surface area contributed by atoms with E-state index in [1.54, 1.807) is 0 Å². The maximum Gasteiger partial charge on any atom is 0.305 e. The van der Waals surface area contributed by atoms with Crippen LogP contribution >= 0.6 is 0 Å². The molecule has 0 aromatic rings. The van der Waals surface area contributed by atoms with Crippen molar-refractivity contribution >= 4 is 11.9 Å². The monoisotopic (exact) mass is 297 g/mol. The lowest BCUT2D eigenvalue weighted by Crippen LogP contribution is -2.54. The summed E-state index contributed by atoms with van der Waals surface area (Å²) >= 11 is 0. The third-order valence-corrected chi connectivity index (χ3v) is 4.80. The molecule has 120 valence electrons. The van der Waals surface area contributed by atoms with Crippen LogP contribution in [0.3, 0.4) is 0 Å². The number of carbonyl (C=O) groups is 2. The lowest BCUT2D eigenvalue weighted by atomic mass is 9.84. The zero-order valence-corrected chi connectivity index (χ0v) is 12.7. The number of ether oxygens (including phenoxy) is 1. The number of carboxylic acids is 1. The summed E-state index contributed by atoms with van der Waals surface area (Å²) in [4.78, 5) is 23.7. The Morgan fingerprint density at radius 2 is 1.62 bits per heavy atom. The van der Waals surface area contributed by atoms with Crippen LogP contribution in [0.25, 0.3) is 0 Å². The van der Waals surface area contributed by atoms with Crippen molar-refractivity contribution < 1.29 is 19.4 Å². The van der Waals surface area contributed by atoms with Gasteiger partial charge in [0.2, 0.25) is 5.91 Å². The molecule has 5 nitrogen and oxygen atoms in total. The maximum atomic E-state index is 12.6.